The van der Waals surface area contributed by atoms with Crippen molar-refractivity contribution in [3.63, 3.8) is 0 Å². The molecule has 0 saturated heterocycles. The monoisotopic (exact) mass is 359 g/mol. The molecule has 1 amide bonds. The summed E-state index contributed by atoms with van der Waals surface area (Å²) in [6, 6.07) is 14.0. The van der Waals surface area contributed by atoms with E-state index in [2.05, 4.69) is 22.0 Å². The minimum absolute atomic E-state index is 0.125. The van der Waals surface area contributed by atoms with Crippen molar-refractivity contribution in [2.75, 3.05) is 18.6 Å². The third kappa shape index (κ3) is 2.63. The molecule has 3 rings (SSSR count). The molecule has 1 atom stereocenters. The van der Waals surface area contributed by atoms with Crippen LogP contribution in [0.2, 0.25) is 0 Å². The number of carbonyl (C=O) groups excluding carboxylic acids is 1. The molecule has 1 aliphatic rings. The third-order valence-corrected chi connectivity index (χ3v) is 4.60. The van der Waals surface area contributed by atoms with E-state index in [1.54, 1.807) is 7.11 Å². The Hall–Kier alpha value is -1.81. The van der Waals surface area contributed by atoms with Gasteiger partial charge in [-0.2, -0.15) is 0 Å². The zero-order valence-corrected chi connectivity index (χ0v) is 14.3. The molecule has 0 N–H and O–H groups in total. The number of nitrogens with zero attached hydrogens (tertiary/aromatic N) is 1. The fourth-order valence-corrected chi connectivity index (χ4v) is 3.43. The van der Waals surface area contributed by atoms with Crippen LogP contribution in [-0.4, -0.2) is 19.6 Å². The van der Waals surface area contributed by atoms with Gasteiger partial charge in [0.25, 0.3) is 0 Å². The molecule has 3 nitrogen and oxygen atoms in total. The molecule has 1 heterocycles. The number of halogens is 1. The normalized spacial score (nSPS) is 16.8. The third-order valence-electron chi connectivity index (χ3n) is 4.11. The first-order valence-electron chi connectivity index (χ1n) is 7.37. The summed E-state index contributed by atoms with van der Waals surface area (Å²) >= 11 is 3.51. The summed E-state index contributed by atoms with van der Waals surface area (Å²) in [5.74, 6) is 0.878. The molecule has 0 aromatic heterocycles. The van der Waals surface area contributed by atoms with E-state index >= 15 is 0 Å². The molecule has 0 radical (unpaired) electrons. The van der Waals surface area contributed by atoms with E-state index in [9.17, 15) is 4.79 Å². The second-order valence-corrected chi connectivity index (χ2v) is 6.31. The first-order chi connectivity index (χ1) is 10.6. The van der Waals surface area contributed by atoms with Crippen LogP contribution >= 0.6 is 15.9 Å². The van der Waals surface area contributed by atoms with Gasteiger partial charge in [0.2, 0.25) is 5.91 Å². The lowest BCUT2D eigenvalue weighted by molar-refractivity contribution is -0.119. The number of amides is 1. The summed E-state index contributed by atoms with van der Waals surface area (Å²) in [5, 5.41) is 0. The first-order valence-corrected chi connectivity index (χ1v) is 8.17. The van der Waals surface area contributed by atoms with E-state index in [1.807, 2.05) is 48.2 Å². The van der Waals surface area contributed by atoms with Gasteiger partial charge in [-0.3, -0.25) is 4.79 Å². The molecule has 0 spiro atoms. The van der Waals surface area contributed by atoms with Crippen LogP contribution in [0.5, 0.6) is 5.75 Å². The maximum Gasteiger partial charge on any atom is 0.234 e. The molecule has 1 aliphatic heterocycles. The highest BCUT2D eigenvalue weighted by Crippen LogP contribution is 2.40. The highest BCUT2D eigenvalue weighted by atomic mass is 79.9. The predicted molar refractivity (Wildman–Crippen MR) is 91.6 cm³/mol. The first kappa shape index (κ1) is 15.1. The molecule has 22 heavy (non-hydrogen) atoms. The van der Waals surface area contributed by atoms with E-state index in [1.165, 1.54) is 0 Å². The number of ether oxygens (including phenoxy) is 1. The molecule has 2 aromatic carbocycles. The van der Waals surface area contributed by atoms with Gasteiger partial charge in [-0.25, -0.2) is 0 Å². The Balaban J connectivity index is 1.97. The van der Waals surface area contributed by atoms with E-state index in [0.717, 1.165) is 27.0 Å². The fourth-order valence-electron chi connectivity index (χ4n) is 3.05. The topological polar surface area (TPSA) is 29.5 Å². The smallest absolute Gasteiger partial charge is 0.234 e. The van der Waals surface area contributed by atoms with Gasteiger partial charge in [0.1, 0.15) is 5.75 Å². The number of methoxy groups -OCH3 is 1. The van der Waals surface area contributed by atoms with Crippen LogP contribution in [0, 0.1) is 0 Å². The van der Waals surface area contributed by atoms with E-state index in [-0.39, 0.29) is 11.8 Å². The van der Waals surface area contributed by atoms with Gasteiger partial charge in [-0.05, 0) is 54.8 Å². The number of benzene rings is 2. The van der Waals surface area contributed by atoms with Crippen LogP contribution in [0.1, 0.15) is 24.0 Å². The van der Waals surface area contributed by atoms with Gasteiger partial charge in [0.15, 0.2) is 0 Å². The van der Waals surface area contributed by atoms with Gasteiger partial charge in [0.05, 0.1) is 13.0 Å². The van der Waals surface area contributed by atoms with Crippen molar-refractivity contribution in [1.29, 1.82) is 0 Å². The summed E-state index contributed by atoms with van der Waals surface area (Å²) in [7, 11) is 1.66. The van der Waals surface area contributed by atoms with Crippen molar-refractivity contribution in [3.8, 4) is 5.75 Å². The van der Waals surface area contributed by atoms with Gasteiger partial charge < -0.3 is 9.64 Å². The SMILES string of the molecule is CCN1C(=O)C(Cc2cccc(OC)c2)c2cc(Br)ccc21. The minimum atomic E-state index is -0.125. The maximum atomic E-state index is 12.7. The van der Waals surface area contributed by atoms with Gasteiger partial charge in [-0.15, -0.1) is 0 Å². The number of hydrogen-bond acceptors (Lipinski definition) is 2. The molecule has 4 heteroatoms. The highest BCUT2D eigenvalue weighted by Gasteiger charge is 2.36. The van der Waals surface area contributed by atoms with E-state index in [4.69, 9.17) is 4.74 Å². The van der Waals surface area contributed by atoms with Crippen LogP contribution in [0.15, 0.2) is 46.9 Å². The summed E-state index contributed by atoms with van der Waals surface area (Å²) < 4.78 is 6.28. The highest BCUT2D eigenvalue weighted by molar-refractivity contribution is 9.10. The Morgan fingerprint density at radius 2 is 2.05 bits per heavy atom. The lowest BCUT2D eigenvalue weighted by Crippen LogP contribution is -2.29. The maximum absolute atomic E-state index is 12.7. The Labute approximate surface area is 139 Å². The average molecular weight is 360 g/mol. The Morgan fingerprint density at radius 3 is 2.77 bits per heavy atom. The molecule has 1 unspecified atom stereocenters. The van der Waals surface area contributed by atoms with Gasteiger partial charge in [0, 0.05) is 16.7 Å². The van der Waals surface area contributed by atoms with Crippen molar-refractivity contribution in [2.24, 2.45) is 0 Å². The van der Waals surface area contributed by atoms with E-state index < -0.39 is 0 Å². The Morgan fingerprint density at radius 1 is 1.23 bits per heavy atom. The van der Waals surface area contributed by atoms with Crippen molar-refractivity contribution >= 4 is 27.5 Å². The molecule has 0 bridgehead atoms. The Kier molecular flexibility index (Phi) is 4.21. The molecule has 0 saturated carbocycles. The number of carbonyl (C=O) groups is 1. The number of likely N-dealkylation sites (N-methyl/N-ethyl adjacent to an activating group) is 1. The quantitative estimate of drug-likeness (QED) is 0.820. The molecule has 0 fully saturated rings. The predicted octanol–water partition coefficient (Wildman–Crippen LogP) is 4.15. The van der Waals surface area contributed by atoms with Gasteiger partial charge in [-0.1, -0.05) is 28.1 Å². The van der Waals surface area contributed by atoms with Crippen molar-refractivity contribution in [2.45, 2.75) is 19.3 Å². The zero-order valence-electron chi connectivity index (χ0n) is 12.7. The molecule has 114 valence electrons. The number of hydrogen-bond donors (Lipinski definition) is 0. The Bertz CT molecular complexity index is 714. The summed E-state index contributed by atoms with van der Waals surface area (Å²) in [6.07, 6.45) is 0.690. The minimum Gasteiger partial charge on any atom is -0.497 e. The summed E-state index contributed by atoms with van der Waals surface area (Å²) in [6.45, 7) is 2.71. The second kappa shape index (κ2) is 6.13. The van der Waals surface area contributed by atoms with Crippen LogP contribution in [0.4, 0.5) is 5.69 Å². The summed E-state index contributed by atoms with van der Waals surface area (Å²) in [5.41, 5.74) is 3.24. The second-order valence-electron chi connectivity index (χ2n) is 5.39. The van der Waals surface area contributed by atoms with Crippen molar-refractivity contribution < 1.29 is 9.53 Å². The van der Waals surface area contributed by atoms with Crippen molar-refractivity contribution in [1.82, 2.24) is 0 Å². The largest absolute Gasteiger partial charge is 0.497 e. The van der Waals surface area contributed by atoms with Crippen LogP contribution in [0.3, 0.4) is 0 Å². The van der Waals surface area contributed by atoms with Gasteiger partial charge >= 0.3 is 0 Å². The standard InChI is InChI=1S/C18H18BrNO2/c1-3-20-17-8-7-13(19)11-15(17)16(18(20)21)10-12-5-4-6-14(9-12)22-2/h4-9,11,16H,3,10H2,1-2H3. The average Bonchev–Trinajstić information content (AvgIpc) is 2.79. The number of anilines is 1. The number of fused-ring (bicyclic) bond motifs is 1. The lowest BCUT2D eigenvalue weighted by Gasteiger charge is -2.15. The van der Waals surface area contributed by atoms with Crippen LogP contribution in [-0.2, 0) is 11.2 Å². The molecular formula is C18H18BrNO2. The molecular weight excluding hydrogens is 342 g/mol. The lowest BCUT2D eigenvalue weighted by atomic mass is 9.93. The van der Waals surface area contributed by atoms with E-state index in [0.29, 0.717) is 13.0 Å². The fraction of sp³-hybridized carbons (Fsp3) is 0.278. The van der Waals surface area contributed by atoms with Crippen molar-refractivity contribution in [3.05, 3.63) is 58.1 Å². The number of rotatable bonds is 4. The molecule has 0 aliphatic carbocycles. The summed E-state index contributed by atoms with van der Waals surface area (Å²) in [4.78, 5) is 14.6. The molecule has 2 aromatic rings. The van der Waals surface area contributed by atoms with Crippen LogP contribution in [0.25, 0.3) is 0 Å². The zero-order chi connectivity index (χ0) is 15.7. The van der Waals surface area contributed by atoms with Crippen LogP contribution < -0.4 is 9.64 Å².